The molecule has 1 atom stereocenters. The topological polar surface area (TPSA) is 47.6 Å². The second kappa shape index (κ2) is 6.11. The van der Waals surface area contributed by atoms with Crippen molar-refractivity contribution in [3.8, 4) is 0 Å². The summed E-state index contributed by atoms with van der Waals surface area (Å²) in [5.74, 6) is 0.118. The van der Waals surface area contributed by atoms with Crippen LogP contribution in [0.1, 0.15) is 20.3 Å². The molecule has 1 fully saturated rings. The van der Waals surface area contributed by atoms with E-state index in [0.29, 0.717) is 13.0 Å². The highest BCUT2D eigenvalue weighted by molar-refractivity contribution is 5.80. The van der Waals surface area contributed by atoms with Crippen molar-refractivity contribution in [3.05, 3.63) is 0 Å². The molecule has 0 saturated carbocycles. The number of ketones is 1. The zero-order valence-corrected chi connectivity index (χ0v) is 8.91. The number of carbonyl (C=O) groups excluding carboxylic acids is 1. The summed E-state index contributed by atoms with van der Waals surface area (Å²) in [6, 6.07) is 0. The lowest BCUT2D eigenvalue weighted by atomic mass is 10.1. The van der Waals surface area contributed by atoms with E-state index in [2.05, 4.69) is 5.32 Å². The number of nitrogens with one attached hydrogen (secondary N) is 1. The first-order valence-electron chi connectivity index (χ1n) is 5.14. The molecule has 0 aromatic heterocycles. The Bertz CT molecular complexity index is 176. The van der Waals surface area contributed by atoms with Crippen LogP contribution in [0.3, 0.4) is 0 Å². The average Bonchev–Trinajstić information content (AvgIpc) is 2.16. The quantitative estimate of drug-likeness (QED) is 0.697. The normalized spacial score (nSPS) is 22.6. The maximum absolute atomic E-state index is 11.4. The van der Waals surface area contributed by atoms with E-state index in [0.717, 1.165) is 13.1 Å². The van der Waals surface area contributed by atoms with E-state index in [4.69, 9.17) is 9.47 Å². The number of hydrogen-bond donors (Lipinski definition) is 1. The number of carbonyl (C=O) groups is 1. The highest BCUT2D eigenvalue weighted by Gasteiger charge is 2.17. The summed E-state index contributed by atoms with van der Waals surface area (Å²) in [7, 11) is 0. The molecule has 4 nitrogen and oxygen atoms in total. The summed E-state index contributed by atoms with van der Waals surface area (Å²) in [6.45, 7) is 6.40. The Morgan fingerprint density at radius 2 is 2.43 bits per heavy atom. The predicted octanol–water partition coefficient (Wildman–Crippen LogP) is 0.359. The van der Waals surface area contributed by atoms with E-state index in [9.17, 15) is 4.79 Å². The van der Waals surface area contributed by atoms with Crippen LogP contribution in [0.25, 0.3) is 0 Å². The third-order valence-corrected chi connectivity index (χ3v) is 2.04. The third-order valence-electron chi connectivity index (χ3n) is 2.04. The predicted molar refractivity (Wildman–Crippen MR) is 53.3 cm³/mol. The molecule has 0 aromatic carbocycles. The van der Waals surface area contributed by atoms with E-state index in [1.54, 1.807) is 0 Å². The van der Waals surface area contributed by atoms with E-state index in [1.165, 1.54) is 0 Å². The van der Waals surface area contributed by atoms with Gasteiger partial charge in [0.25, 0.3) is 0 Å². The fourth-order valence-corrected chi connectivity index (χ4v) is 1.32. The van der Waals surface area contributed by atoms with Gasteiger partial charge >= 0.3 is 0 Å². The van der Waals surface area contributed by atoms with Gasteiger partial charge in [0.1, 0.15) is 6.61 Å². The summed E-state index contributed by atoms with van der Waals surface area (Å²) >= 11 is 0. The molecular formula is C10H19NO3. The number of ether oxygens (including phenoxy) is 2. The van der Waals surface area contributed by atoms with Gasteiger partial charge in [0.15, 0.2) is 5.78 Å². The Labute approximate surface area is 85.0 Å². The van der Waals surface area contributed by atoms with Gasteiger partial charge in [-0.25, -0.2) is 0 Å². The number of morpholine rings is 1. The summed E-state index contributed by atoms with van der Waals surface area (Å²) in [5, 5.41) is 3.19. The van der Waals surface area contributed by atoms with Crippen LogP contribution in [0.5, 0.6) is 0 Å². The van der Waals surface area contributed by atoms with Crippen LogP contribution in [0.4, 0.5) is 0 Å². The lowest BCUT2D eigenvalue weighted by Crippen LogP contribution is -2.40. The van der Waals surface area contributed by atoms with Gasteiger partial charge in [0.05, 0.1) is 18.8 Å². The van der Waals surface area contributed by atoms with Gasteiger partial charge in [0.2, 0.25) is 0 Å². The van der Waals surface area contributed by atoms with Crippen molar-refractivity contribution < 1.29 is 14.3 Å². The number of Topliss-reactive ketones (excluding diaryl/α,β-unsaturated/α-hetero) is 1. The van der Waals surface area contributed by atoms with Crippen molar-refractivity contribution in [2.75, 3.05) is 26.3 Å². The molecule has 1 rings (SSSR count). The fraction of sp³-hybridized carbons (Fsp3) is 0.900. The monoisotopic (exact) mass is 201 g/mol. The molecule has 1 unspecified atom stereocenters. The Hall–Kier alpha value is -0.450. The number of hydrogen-bond acceptors (Lipinski definition) is 4. The van der Waals surface area contributed by atoms with E-state index >= 15 is 0 Å². The molecule has 0 bridgehead atoms. The second-order valence-corrected chi connectivity index (χ2v) is 3.80. The van der Waals surface area contributed by atoms with Gasteiger partial charge in [-0.15, -0.1) is 0 Å². The fourth-order valence-electron chi connectivity index (χ4n) is 1.32. The SMILES string of the molecule is CC(C)OCC(=O)CC1CNCCO1. The molecule has 0 amide bonds. The van der Waals surface area contributed by atoms with E-state index in [1.807, 2.05) is 13.8 Å². The smallest absolute Gasteiger partial charge is 0.161 e. The van der Waals surface area contributed by atoms with Gasteiger partial charge in [-0.05, 0) is 13.8 Å². The Morgan fingerprint density at radius 3 is 3.00 bits per heavy atom. The van der Waals surface area contributed by atoms with Crippen molar-refractivity contribution in [2.45, 2.75) is 32.5 Å². The molecule has 1 aliphatic heterocycles. The second-order valence-electron chi connectivity index (χ2n) is 3.80. The minimum Gasteiger partial charge on any atom is -0.375 e. The number of rotatable bonds is 5. The maximum atomic E-state index is 11.4. The highest BCUT2D eigenvalue weighted by Crippen LogP contribution is 2.02. The summed E-state index contributed by atoms with van der Waals surface area (Å²) in [5.41, 5.74) is 0. The van der Waals surface area contributed by atoms with E-state index in [-0.39, 0.29) is 24.6 Å². The first-order valence-corrected chi connectivity index (χ1v) is 5.14. The first-order chi connectivity index (χ1) is 6.68. The molecular weight excluding hydrogens is 182 g/mol. The van der Waals surface area contributed by atoms with Gasteiger partial charge in [-0.1, -0.05) is 0 Å². The summed E-state index contributed by atoms with van der Waals surface area (Å²) in [4.78, 5) is 11.4. The van der Waals surface area contributed by atoms with Crippen molar-refractivity contribution in [2.24, 2.45) is 0 Å². The van der Waals surface area contributed by atoms with Crippen molar-refractivity contribution in [1.29, 1.82) is 0 Å². The van der Waals surface area contributed by atoms with Crippen molar-refractivity contribution in [3.63, 3.8) is 0 Å². The van der Waals surface area contributed by atoms with Gasteiger partial charge in [-0.2, -0.15) is 0 Å². The van der Waals surface area contributed by atoms with Gasteiger partial charge < -0.3 is 14.8 Å². The van der Waals surface area contributed by atoms with Crippen LogP contribution in [0.2, 0.25) is 0 Å². The van der Waals surface area contributed by atoms with Gasteiger partial charge in [-0.3, -0.25) is 4.79 Å². The van der Waals surface area contributed by atoms with Crippen LogP contribution in [-0.2, 0) is 14.3 Å². The van der Waals surface area contributed by atoms with Crippen molar-refractivity contribution >= 4 is 5.78 Å². The van der Waals surface area contributed by atoms with Crippen molar-refractivity contribution in [1.82, 2.24) is 5.32 Å². The molecule has 4 heteroatoms. The highest BCUT2D eigenvalue weighted by atomic mass is 16.5. The van der Waals surface area contributed by atoms with Crippen LogP contribution in [0, 0.1) is 0 Å². The standard InChI is InChI=1S/C10H19NO3/c1-8(2)14-7-9(12)5-10-6-11-3-4-13-10/h8,10-11H,3-7H2,1-2H3. The molecule has 1 N–H and O–H groups in total. The van der Waals surface area contributed by atoms with E-state index < -0.39 is 0 Å². The molecule has 1 saturated heterocycles. The van der Waals surface area contributed by atoms with Crippen LogP contribution >= 0.6 is 0 Å². The molecule has 1 aliphatic rings. The molecule has 82 valence electrons. The first kappa shape index (κ1) is 11.6. The molecule has 1 heterocycles. The Morgan fingerprint density at radius 1 is 1.64 bits per heavy atom. The lowest BCUT2D eigenvalue weighted by Gasteiger charge is -2.23. The average molecular weight is 201 g/mol. The maximum Gasteiger partial charge on any atom is 0.161 e. The minimum atomic E-state index is 0.0343. The summed E-state index contributed by atoms with van der Waals surface area (Å²) < 4.78 is 10.6. The van der Waals surface area contributed by atoms with Crippen LogP contribution < -0.4 is 5.32 Å². The minimum absolute atomic E-state index is 0.0343. The van der Waals surface area contributed by atoms with Crippen LogP contribution in [-0.4, -0.2) is 44.3 Å². The zero-order chi connectivity index (χ0) is 10.4. The zero-order valence-electron chi connectivity index (χ0n) is 8.91. The molecule has 0 radical (unpaired) electrons. The lowest BCUT2D eigenvalue weighted by molar-refractivity contribution is -0.128. The Kier molecular flexibility index (Phi) is 5.07. The summed E-state index contributed by atoms with van der Waals surface area (Å²) in [6.07, 6.45) is 0.607. The third kappa shape index (κ3) is 4.69. The molecule has 0 aromatic rings. The Balaban J connectivity index is 2.12. The van der Waals surface area contributed by atoms with Gasteiger partial charge in [0, 0.05) is 19.5 Å². The molecule has 14 heavy (non-hydrogen) atoms. The van der Waals surface area contributed by atoms with Crippen LogP contribution in [0.15, 0.2) is 0 Å². The molecule has 0 spiro atoms. The molecule has 0 aliphatic carbocycles. The largest absolute Gasteiger partial charge is 0.375 e.